The molecule has 2 rings (SSSR count). The number of nitrogens with zero attached hydrogens (tertiary/aromatic N) is 1. The standard InChI is InChI=1S/C14H16ClN3O2S/c1-8(2)7-11(13-17-18-14(21)20-13)16-12(19)9-3-5-10(15)6-4-9/h3-6,8,11H,7H2,1-2H3,(H,16,19)(H,18,21). The van der Waals surface area contributed by atoms with Gasteiger partial charge in [-0.3, -0.25) is 4.79 Å². The summed E-state index contributed by atoms with van der Waals surface area (Å²) >= 11 is 10.7. The molecule has 112 valence electrons. The van der Waals surface area contributed by atoms with E-state index in [1.807, 2.05) is 0 Å². The van der Waals surface area contributed by atoms with E-state index < -0.39 is 0 Å². The van der Waals surface area contributed by atoms with Gasteiger partial charge < -0.3 is 9.73 Å². The largest absolute Gasteiger partial charge is 0.412 e. The molecule has 1 heterocycles. The number of hydrogen-bond acceptors (Lipinski definition) is 4. The fourth-order valence-corrected chi connectivity index (χ4v) is 2.18. The van der Waals surface area contributed by atoms with Gasteiger partial charge in [0.25, 0.3) is 10.7 Å². The third-order valence-corrected chi connectivity index (χ3v) is 3.30. The fourth-order valence-electron chi connectivity index (χ4n) is 1.93. The summed E-state index contributed by atoms with van der Waals surface area (Å²) in [6.45, 7) is 4.12. The highest BCUT2D eigenvalue weighted by Crippen LogP contribution is 2.20. The van der Waals surface area contributed by atoms with Gasteiger partial charge in [0.05, 0.1) is 0 Å². The molecular formula is C14H16ClN3O2S. The molecule has 0 aliphatic carbocycles. The second-order valence-electron chi connectivity index (χ2n) is 5.11. The third-order valence-electron chi connectivity index (χ3n) is 2.87. The predicted molar refractivity (Wildman–Crippen MR) is 82.8 cm³/mol. The highest BCUT2D eigenvalue weighted by atomic mass is 35.5. The van der Waals surface area contributed by atoms with Crippen molar-refractivity contribution in [3.05, 3.63) is 45.6 Å². The first kappa shape index (κ1) is 15.7. The molecule has 1 atom stereocenters. The fraction of sp³-hybridized carbons (Fsp3) is 0.357. The molecule has 21 heavy (non-hydrogen) atoms. The molecule has 1 aromatic carbocycles. The Balaban J connectivity index is 2.16. The maximum absolute atomic E-state index is 12.3. The van der Waals surface area contributed by atoms with Crippen LogP contribution in [0.3, 0.4) is 0 Å². The Kier molecular flexibility index (Phi) is 5.14. The first-order chi connectivity index (χ1) is 9.95. The maximum Gasteiger partial charge on any atom is 0.284 e. The van der Waals surface area contributed by atoms with Crippen molar-refractivity contribution in [2.75, 3.05) is 0 Å². The Morgan fingerprint density at radius 3 is 2.62 bits per heavy atom. The van der Waals surface area contributed by atoms with Gasteiger partial charge in [-0.15, -0.1) is 5.10 Å². The van der Waals surface area contributed by atoms with Crippen molar-refractivity contribution in [2.45, 2.75) is 26.3 Å². The normalized spacial score (nSPS) is 12.4. The Morgan fingerprint density at radius 1 is 1.43 bits per heavy atom. The van der Waals surface area contributed by atoms with E-state index in [0.717, 1.165) is 0 Å². The first-order valence-corrected chi connectivity index (χ1v) is 7.36. The number of H-pyrrole nitrogens is 1. The van der Waals surface area contributed by atoms with Crippen LogP contribution in [0.4, 0.5) is 0 Å². The minimum absolute atomic E-state index is 0.194. The molecule has 0 saturated heterocycles. The summed E-state index contributed by atoms with van der Waals surface area (Å²) in [5.74, 6) is 0.540. The van der Waals surface area contributed by atoms with Gasteiger partial charge in [-0.1, -0.05) is 25.4 Å². The predicted octanol–water partition coefficient (Wildman–Crippen LogP) is 3.90. The van der Waals surface area contributed by atoms with E-state index in [1.165, 1.54) is 0 Å². The molecule has 0 bridgehead atoms. The molecule has 5 nitrogen and oxygen atoms in total. The van der Waals surface area contributed by atoms with Crippen LogP contribution in [0.5, 0.6) is 0 Å². The van der Waals surface area contributed by atoms with Crippen LogP contribution in [-0.4, -0.2) is 16.1 Å². The lowest BCUT2D eigenvalue weighted by Gasteiger charge is -2.17. The van der Waals surface area contributed by atoms with Gasteiger partial charge in [-0.2, -0.15) is 0 Å². The summed E-state index contributed by atoms with van der Waals surface area (Å²) in [7, 11) is 0. The molecule has 0 aliphatic rings. The van der Waals surface area contributed by atoms with Gasteiger partial charge in [0, 0.05) is 10.6 Å². The Hall–Kier alpha value is -1.66. The van der Waals surface area contributed by atoms with E-state index in [9.17, 15) is 4.79 Å². The molecule has 0 saturated carbocycles. The highest BCUT2D eigenvalue weighted by molar-refractivity contribution is 7.71. The summed E-state index contributed by atoms with van der Waals surface area (Å²) in [4.78, 5) is 12.5. The number of amides is 1. The maximum atomic E-state index is 12.3. The van der Waals surface area contributed by atoms with Crippen molar-refractivity contribution in [1.82, 2.24) is 15.5 Å². The number of aromatic nitrogens is 2. The van der Waals surface area contributed by atoms with Crippen molar-refractivity contribution in [2.24, 2.45) is 5.92 Å². The lowest BCUT2D eigenvalue weighted by Crippen LogP contribution is -2.29. The number of aromatic amines is 1. The van der Waals surface area contributed by atoms with E-state index in [0.29, 0.717) is 28.8 Å². The molecule has 0 aliphatic heterocycles. The topological polar surface area (TPSA) is 70.9 Å². The average molecular weight is 326 g/mol. The molecule has 0 fully saturated rings. The van der Waals surface area contributed by atoms with E-state index in [4.69, 9.17) is 28.2 Å². The van der Waals surface area contributed by atoms with Crippen LogP contribution in [0.25, 0.3) is 0 Å². The number of carbonyl (C=O) groups excluding carboxylic acids is 1. The van der Waals surface area contributed by atoms with Crippen LogP contribution in [0.2, 0.25) is 5.02 Å². The van der Waals surface area contributed by atoms with E-state index in [2.05, 4.69) is 29.4 Å². The quantitative estimate of drug-likeness (QED) is 0.818. The summed E-state index contributed by atoms with van der Waals surface area (Å²) in [6.07, 6.45) is 0.697. The van der Waals surface area contributed by atoms with Crippen LogP contribution in [0.1, 0.15) is 42.6 Å². The Labute approximate surface area is 132 Å². The van der Waals surface area contributed by atoms with Crippen LogP contribution < -0.4 is 5.32 Å². The van der Waals surface area contributed by atoms with Crippen molar-refractivity contribution in [3.8, 4) is 0 Å². The van der Waals surface area contributed by atoms with Crippen molar-refractivity contribution in [3.63, 3.8) is 0 Å². The minimum Gasteiger partial charge on any atom is -0.412 e. The van der Waals surface area contributed by atoms with Crippen molar-refractivity contribution >= 4 is 29.7 Å². The highest BCUT2D eigenvalue weighted by Gasteiger charge is 2.21. The van der Waals surface area contributed by atoms with Crippen LogP contribution >= 0.6 is 23.8 Å². The van der Waals surface area contributed by atoms with Crippen molar-refractivity contribution < 1.29 is 9.21 Å². The average Bonchev–Trinajstić information content (AvgIpc) is 2.85. The lowest BCUT2D eigenvalue weighted by atomic mass is 10.0. The third kappa shape index (κ3) is 4.41. The van der Waals surface area contributed by atoms with Gasteiger partial charge in [0.1, 0.15) is 6.04 Å². The SMILES string of the molecule is CC(C)CC(NC(=O)c1ccc(Cl)cc1)c1n[nH]c(=S)o1. The van der Waals surface area contributed by atoms with E-state index >= 15 is 0 Å². The zero-order valence-corrected chi connectivity index (χ0v) is 13.3. The number of rotatable bonds is 5. The molecule has 0 radical (unpaired) electrons. The number of nitrogens with one attached hydrogen (secondary N) is 2. The molecular weight excluding hydrogens is 310 g/mol. The molecule has 1 unspecified atom stereocenters. The number of halogens is 1. The van der Waals surface area contributed by atoms with Crippen LogP contribution in [0, 0.1) is 10.8 Å². The summed E-state index contributed by atoms with van der Waals surface area (Å²) in [6, 6.07) is 6.36. The summed E-state index contributed by atoms with van der Waals surface area (Å²) < 4.78 is 5.31. The lowest BCUT2D eigenvalue weighted by molar-refractivity contribution is 0.0924. The molecule has 1 aromatic heterocycles. The number of benzene rings is 1. The smallest absolute Gasteiger partial charge is 0.284 e. The number of hydrogen-bond donors (Lipinski definition) is 2. The van der Waals surface area contributed by atoms with Crippen LogP contribution in [-0.2, 0) is 0 Å². The molecule has 1 amide bonds. The van der Waals surface area contributed by atoms with Gasteiger partial charge in [-0.05, 0) is 48.8 Å². The van der Waals surface area contributed by atoms with Gasteiger partial charge in [0.15, 0.2) is 0 Å². The Bertz CT molecular complexity index is 663. The van der Waals surface area contributed by atoms with E-state index in [1.54, 1.807) is 24.3 Å². The van der Waals surface area contributed by atoms with Gasteiger partial charge in [-0.25, -0.2) is 5.10 Å². The number of carbonyl (C=O) groups is 1. The van der Waals surface area contributed by atoms with E-state index in [-0.39, 0.29) is 16.8 Å². The molecule has 2 aromatic rings. The molecule has 7 heteroatoms. The minimum atomic E-state index is -0.332. The van der Waals surface area contributed by atoms with Crippen molar-refractivity contribution in [1.29, 1.82) is 0 Å². The zero-order chi connectivity index (χ0) is 15.4. The first-order valence-electron chi connectivity index (χ1n) is 6.57. The van der Waals surface area contributed by atoms with Crippen LogP contribution in [0.15, 0.2) is 28.7 Å². The summed E-state index contributed by atoms with van der Waals surface area (Å²) in [5, 5.41) is 10.1. The molecule has 2 N–H and O–H groups in total. The second kappa shape index (κ2) is 6.87. The zero-order valence-electron chi connectivity index (χ0n) is 11.7. The monoisotopic (exact) mass is 325 g/mol. The van der Waals surface area contributed by atoms with Gasteiger partial charge in [0.2, 0.25) is 5.89 Å². The second-order valence-corrected chi connectivity index (χ2v) is 5.92. The van der Waals surface area contributed by atoms with Gasteiger partial charge >= 0.3 is 0 Å². The molecule has 0 spiro atoms. The Morgan fingerprint density at radius 2 is 2.10 bits per heavy atom. The summed E-state index contributed by atoms with van der Waals surface area (Å²) in [5.41, 5.74) is 0.530.